The summed E-state index contributed by atoms with van der Waals surface area (Å²) >= 11 is 0. The predicted molar refractivity (Wildman–Crippen MR) is 232 cm³/mol. The summed E-state index contributed by atoms with van der Waals surface area (Å²) in [5.74, 6) is -2.24. The van der Waals surface area contributed by atoms with Crippen LogP contribution in [0.2, 0.25) is 0 Å². The minimum absolute atomic E-state index is 0.0698. The number of carbonyl (C=O) groups excluding carboxylic acids is 1. The monoisotopic (exact) mass is 972 g/mol. The van der Waals surface area contributed by atoms with Gasteiger partial charge in [0.25, 0.3) is 0 Å². The van der Waals surface area contributed by atoms with Crippen LogP contribution in [0.1, 0.15) is 106 Å². The molecule has 0 spiro atoms. The molecule has 0 bridgehead atoms. The molecule has 7 fully saturated rings. The van der Waals surface area contributed by atoms with E-state index in [1.165, 1.54) is 0 Å². The number of allylic oxidation sites excluding steroid dienone is 2. The van der Waals surface area contributed by atoms with Gasteiger partial charge >= 0.3 is 11.9 Å². The molecule has 3 saturated heterocycles. The van der Waals surface area contributed by atoms with E-state index >= 15 is 0 Å². The van der Waals surface area contributed by atoms with E-state index in [9.17, 15) is 70.9 Å². The number of aliphatic hydroxyl groups is 11. The zero-order chi connectivity index (χ0) is 49.8. The van der Waals surface area contributed by atoms with Crippen LogP contribution >= 0.6 is 0 Å². The topological polar surface area (TPSA) is 332 Å². The highest BCUT2D eigenvalue weighted by Gasteiger charge is 2.71. The number of hydrogen-bond acceptors (Lipinski definition) is 19. The van der Waals surface area contributed by atoms with Crippen molar-refractivity contribution in [3.05, 3.63) is 11.6 Å². The molecule has 5 aliphatic carbocycles. The number of ether oxygens (including phenoxy) is 6. The van der Waals surface area contributed by atoms with Crippen LogP contribution in [0.3, 0.4) is 0 Å². The van der Waals surface area contributed by atoms with Crippen LogP contribution < -0.4 is 0 Å². The van der Waals surface area contributed by atoms with Gasteiger partial charge in [-0.2, -0.15) is 0 Å². The van der Waals surface area contributed by atoms with E-state index in [1.807, 2.05) is 6.92 Å². The van der Waals surface area contributed by atoms with Gasteiger partial charge in [0.15, 0.2) is 12.6 Å². The first-order valence-electron chi connectivity index (χ1n) is 24.5. The number of hydrogen-bond donors (Lipinski definition) is 12. The van der Waals surface area contributed by atoms with Crippen LogP contribution in [-0.2, 0) is 38.0 Å². The Kier molecular flexibility index (Phi) is 14.3. The molecule has 8 aliphatic rings. The maximum Gasteiger partial charge on any atom is 0.315 e. The largest absolute Gasteiger partial charge is 0.481 e. The number of carboxylic acids is 1. The fourth-order valence-electron chi connectivity index (χ4n) is 15.0. The highest BCUT2D eigenvalue weighted by Crippen LogP contribution is 2.76. The van der Waals surface area contributed by atoms with Gasteiger partial charge in [-0.05, 0) is 112 Å². The number of fused-ring (bicyclic) bond motifs is 7. The van der Waals surface area contributed by atoms with Gasteiger partial charge in [-0.15, -0.1) is 0 Å². The molecule has 0 radical (unpaired) electrons. The van der Waals surface area contributed by atoms with E-state index in [1.54, 1.807) is 13.8 Å². The zero-order valence-corrected chi connectivity index (χ0v) is 39.9. The molecule has 388 valence electrons. The van der Waals surface area contributed by atoms with Crippen molar-refractivity contribution in [1.82, 2.24) is 0 Å². The highest BCUT2D eigenvalue weighted by atomic mass is 16.7. The first-order valence-corrected chi connectivity index (χ1v) is 24.5. The Labute approximate surface area is 396 Å². The Morgan fingerprint density at radius 1 is 0.662 bits per heavy atom. The first kappa shape index (κ1) is 52.4. The smallest absolute Gasteiger partial charge is 0.315 e. The van der Waals surface area contributed by atoms with Gasteiger partial charge in [0.05, 0.1) is 42.9 Å². The van der Waals surface area contributed by atoms with Gasteiger partial charge < -0.3 is 89.7 Å². The van der Waals surface area contributed by atoms with Crippen molar-refractivity contribution in [1.29, 1.82) is 0 Å². The minimum Gasteiger partial charge on any atom is -0.481 e. The molecular weight excluding hydrogens is 897 g/mol. The van der Waals surface area contributed by atoms with Crippen molar-refractivity contribution in [2.45, 2.75) is 204 Å². The summed E-state index contributed by atoms with van der Waals surface area (Å²) in [6.45, 7) is 10.4. The second-order valence-electron chi connectivity index (χ2n) is 23.0. The first-order chi connectivity index (χ1) is 31.8. The molecule has 3 aliphatic heterocycles. The van der Waals surface area contributed by atoms with Crippen molar-refractivity contribution in [3.8, 4) is 0 Å². The molecule has 0 aromatic rings. The fourth-order valence-corrected chi connectivity index (χ4v) is 15.0. The fraction of sp³-hybridized carbons (Fsp3) is 0.917. The van der Waals surface area contributed by atoms with Gasteiger partial charge in [0.2, 0.25) is 6.29 Å². The van der Waals surface area contributed by atoms with Crippen molar-refractivity contribution < 1.29 is 99.3 Å². The van der Waals surface area contributed by atoms with Crippen LogP contribution in [0.4, 0.5) is 0 Å². The minimum atomic E-state index is -1.80. The van der Waals surface area contributed by atoms with Gasteiger partial charge in [0, 0.05) is 5.41 Å². The van der Waals surface area contributed by atoms with E-state index < -0.39 is 151 Å². The quantitative estimate of drug-likeness (QED) is 0.0725. The third kappa shape index (κ3) is 7.85. The Morgan fingerprint density at radius 3 is 1.85 bits per heavy atom. The molecule has 20 heteroatoms. The highest BCUT2D eigenvalue weighted by molar-refractivity contribution is 5.81. The van der Waals surface area contributed by atoms with Crippen LogP contribution in [0.15, 0.2) is 11.6 Å². The number of carbonyl (C=O) groups is 2. The van der Waals surface area contributed by atoms with E-state index in [0.717, 1.165) is 12.0 Å². The molecule has 3 heterocycles. The maximum absolute atomic E-state index is 14.7. The Hall–Kier alpha value is -1.96. The van der Waals surface area contributed by atoms with Gasteiger partial charge in [-0.1, -0.05) is 39.3 Å². The summed E-state index contributed by atoms with van der Waals surface area (Å²) in [6.07, 6.45) is -17.0. The molecule has 12 N–H and O–H groups in total. The zero-order valence-electron chi connectivity index (χ0n) is 39.9. The summed E-state index contributed by atoms with van der Waals surface area (Å²) in [5.41, 5.74) is -3.43. The maximum atomic E-state index is 14.7. The van der Waals surface area contributed by atoms with E-state index in [2.05, 4.69) is 26.8 Å². The Morgan fingerprint density at radius 2 is 1.25 bits per heavy atom. The van der Waals surface area contributed by atoms with Crippen molar-refractivity contribution in [2.75, 3.05) is 19.8 Å². The SMILES string of the molecule is CC1OC(OC2CCC3(C)C(CCC4(C)C3CC=C3C5CC(C)(C(=O)O)CCC5(C(=O)OC5OC(CO)C(O)C(O)C5O)CCC34C)C2(C)CO)C(O)C(OC2OC(CO)C(O)C(O)C2O)C1O. The molecule has 0 amide bonds. The molecule has 68 heavy (non-hydrogen) atoms. The van der Waals surface area contributed by atoms with Crippen molar-refractivity contribution in [2.24, 2.45) is 50.2 Å². The van der Waals surface area contributed by atoms with Crippen molar-refractivity contribution in [3.63, 3.8) is 0 Å². The lowest BCUT2D eigenvalue weighted by Crippen LogP contribution is -2.67. The average Bonchev–Trinajstić information content (AvgIpc) is 3.30. The summed E-state index contributed by atoms with van der Waals surface area (Å²) in [6, 6.07) is 0. The summed E-state index contributed by atoms with van der Waals surface area (Å²) < 4.78 is 35.6. The molecular formula is C48H76O20. The third-order valence-electron chi connectivity index (χ3n) is 19.7. The molecule has 25 atom stereocenters. The van der Waals surface area contributed by atoms with E-state index in [4.69, 9.17) is 28.4 Å². The average molecular weight is 973 g/mol. The van der Waals surface area contributed by atoms with Gasteiger partial charge in [-0.25, -0.2) is 0 Å². The standard InChI is InChI=1S/C48H76O20/c1-21-29(52)37(67-38-34(57)32(55)30(53)24(18-49)64-38)36(59)40(63-21)66-28-10-11-44(3)26(45(28,4)20-51)9-12-47(6)27(44)8-7-22-23-17-43(2,41(60)61)13-15-48(23,16-14-46(22,47)5)42(62)68-39-35(58)33(56)31(54)25(19-50)65-39/h7,21,23-40,49-59H,8-20H2,1-6H3,(H,60,61). The number of esters is 1. The van der Waals surface area contributed by atoms with E-state index in [0.29, 0.717) is 38.5 Å². The summed E-state index contributed by atoms with van der Waals surface area (Å²) in [7, 11) is 0. The Balaban J connectivity index is 1.05. The van der Waals surface area contributed by atoms with Crippen molar-refractivity contribution >= 4 is 11.9 Å². The lowest BCUT2D eigenvalue weighted by molar-refractivity contribution is -0.367. The second kappa shape index (κ2) is 18.5. The summed E-state index contributed by atoms with van der Waals surface area (Å²) in [5, 5.41) is 127. The van der Waals surface area contributed by atoms with Crippen LogP contribution in [-0.4, -0.2) is 191 Å². The molecule has 0 aromatic heterocycles. The molecule has 0 aromatic carbocycles. The van der Waals surface area contributed by atoms with Gasteiger partial charge in [0.1, 0.15) is 67.1 Å². The number of aliphatic carboxylic acids is 1. The van der Waals surface area contributed by atoms with Crippen LogP contribution in [0, 0.1) is 50.2 Å². The van der Waals surface area contributed by atoms with E-state index in [-0.39, 0.29) is 48.5 Å². The molecule has 25 unspecified atom stereocenters. The lowest BCUT2D eigenvalue weighted by Gasteiger charge is -2.71. The Bertz CT molecular complexity index is 1900. The number of carboxylic acid groups (broad SMARTS) is 1. The predicted octanol–water partition coefficient (Wildman–Crippen LogP) is -0.795. The lowest BCUT2D eigenvalue weighted by atomic mass is 9.33. The number of aliphatic hydroxyl groups excluding tert-OH is 11. The normalized spacial score (nSPS) is 54.8. The molecule has 20 nitrogen and oxygen atoms in total. The summed E-state index contributed by atoms with van der Waals surface area (Å²) in [4.78, 5) is 27.6. The molecule has 4 saturated carbocycles. The van der Waals surface area contributed by atoms with Crippen LogP contribution in [0.25, 0.3) is 0 Å². The van der Waals surface area contributed by atoms with Crippen LogP contribution in [0.5, 0.6) is 0 Å². The van der Waals surface area contributed by atoms with Gasteiger partial charge in [-0.3, -0.25) is 9.59 Å². The second-order valence-corrected chi connectivity index (χ2v) is 23.0. The third-order valence-corrected chi connectivity index (χ3v) is 19.7. The number of rotatable bonds is 10. The molecule has 8 rings (SSSR count).